The maximum absolute atomic E-state index is 11.5. The molecule has 3 nitrogen and oxygen atoms in total. The third-order valence-electron chi connectivity index (χ3n) is 3.64. The number of aryl methyl sites for hydroxylation is 1. The molecule has 0 spiro atoms. The second-order valence-corrected chi connectivity index (χ2v) is 6.32. The first-order valence-corrected chi connectivity index (χ1v) is 7.92. The highest BCUT2D eigenvalue weighted by Crippen LogP contribution is 2.40. The molecule has 0 bridgehead atoms. The number of halogens is 1. The zero-order valence-corrected chi connectivity index (χ0v) is 13.7. The molecule has 112 valence electrons. The van der Waals surface area contributed by atoms with Crippen LogP contribution in [0.3, 0.4) is 0 Å². The Kier molecular flexibility index (Phi) is 3.81. The Morgan fingerprint density at radius 1 is 1.23 bits per heavy atom. The summed E-state index contributed by atoms with van der Waals surface area (Å²) >= 11 is 7.84. The second-order valence-electron chi connectivity index (χ2n) is 5.03. The minimum absolute atomic E-state index is 0.420. The Bertz CT molecular complexity index is 886. The van der Waals surface area contributed by atoms with Crippen LogP contribution in [-0.2, 0) is 0 Å². The summed E-state index contributed by atoms with van der Waals surface area (Å²) in [6.07, 6.45) is 0. The lowest BCUT2D eigenvalue weighted by Crippen LogP contribution is -2.10. The third-order valence-corrected chi connectivity index (χ3v) is 5.08. The zero-order valence-electron chi connectivity index (χ0n) is 12.1. The number of ether oxygens (including phenoxy) is 1. The summed E-state index contributed by atoms with van der Waals surface area (Å²) in [5.41, 5.74) is 9.04. The molecule has 0 aliphatic heterocycles. The van der Waals surface area contributed by atoms with E-state index in [-0.39, 0.29) is 0 Å². The van der Waals surface area contributed by atoms with Gasteiger partial charge in [0.15, 0.2) is 0 Å². The van der Waals surface area contributed by atoms with Gasteiger partial charge in [0.2, 0.25) is 5.91 Å². The Labute approximate surface area is 137 Å². The highest BCUT2D eigenvalue weighted by Gasteiger charge is 2.14. The van der Waals surface area contributed by atoms with Crippen molar-refractivity contribution in [1.82, 2.24) is 0 Å². The molecule has 1 heterocycles. The third kappa shape index (κ3) is 2.45. The fourth-order valence-electron chi connectivity index (χ4n) is 2.51. The minimum atomic E-state index is -0.479. The molecule has 2 N–H and O–H groups in total. The van der Waals surface area contributed by atoms with Crippen molar-refractivity contribution in [2.24, 2.45) is 5.73 Å². The molecule has 1 amide bonds. The fraction of sp³-hybridized carbons (Fsp3) is 0.118. The van der Waals surface area contributed by atoms with E-state index in [1.165, 1.54) is 0 Å². The van der Waals surface area contributed by atoms with Gasteiger partial charge in [0.05, 0.1) is 16.8 Å². The van der Waals surface area contributed by atoms with Gasteiger partial charge in [-0.25, -0.2) is 0 Å². The van der Waals surface area contributed by atoms with Crippen LogP contribution < -0.4 is 10.5 Å². The molecule has 0 radical (unpaired) electrons. The number of fused-ring (bicyclic) bond motifs is 1. The number of carbonyl (C=O) groups is 1. The Morgan fingerprint density at radius 3 is 2.64 bits per heavy atom. The van der Waals surface area contributed by atoms with Gasteiger partial charge in [-0.05, 0) is 47.7 Å². The van der Waals surface area contributed by atoms with Crippen molar-refractivity contribution in [3.8, 4) is 16.9 Å². The number of hydrogen-bond donors (Lipinski definition) is 1. The molecule has 0 unspecified atom stereocenters. The van der Waals surface area contributed by atoms with Gasteiger partial charge < -0.3 is 10.5 Å². The molecule has 0 fully saturated rings. The molecular weight excluding hydrogens is 318 g/mol. The van der Waals surface area contributed by atoms with Gasteiger partial charge in [-0.1, -0.05) is 17.7 Å². The average Bonchev–Trinajstić information content (AvgIpc) is 2.91. The predicted octanol–water partition coefficient (Wildman–Crippen LogP) is 4.64. The first-order chi connectivity index (χ1) is 10.5. The van der Waals surface area contributed by atoms with Gasteiger partial charge >= 0.3 is 0 Å². The van der Waals surface area contributed by atoms with Gasteiger partial charge in [-0.3, -0.25) is 4.79 Å². The largest absolute Gasteiger partial charge is 0.497 e. The molecular formula is C17H14ClNO2S. The Hall–Kier alpha value is -2.04. The molecule has 0 saturated carbocycles. The molecule has 0 aliphatic carbocycles. The monoisotopic (exact) mass is 331 g/mol. The lowest BCUT2D eigenvalue weighted by molar-refractivity contribution is 0.100. The number of nitrogens with two attached hydrogens (primary N) is 1. The van der Waals surface area contributed by atoms with Crippen molar-refractivity contribution in [2.45, 2.75) is 6.92 Å². The van der Waals surface area contributed by atoms with Crippen LogP contribution >= 0.6 is 22.9 Å². The van der Waals surface area contributed by atoms with E-state index in [0.29, 0.717) is 10.6 Å². The first kappa shape index (κ1) is 14.9. The summed E-state index contributed by atoms with van der Waals surface area (Å²) in [5.74, 6) is 0.337. The highest BCUT2D eigenvalue weighted by atomic mass is 35.5. The number of rotatable bonds is 3. The van der Waals surface area contributed by atoms with E-state index in [9.17, 15) is 4.79 Å². The van der Waals surface area contributed by atoms with Gasteiger partial charge in [0, 0.05) is 16.5 Å². The molecule has 3 aromatic rings. The number of amides is 1. The van der Waals surface area contributed by atoms with E-state index in [0.717, 1.165) is 32.5 Å². The van der Waals surface area contributed by atoms with Crippen molar-refractivity contribution in [3.63, 3.8) is 0 Å². The fourth-order valence-corrected chi connectivity index (χ4v) is 3.82. The topological polar surface area (TPSA) is 52.3 Å². The van der Waals surface area contributed by atoms with Gasteiger partial charge in [0.1, 0.15) is 5.75 Å². The van der Waals surface area contributed by atoms with Crippen LogP contribution in [0.15, 0.2) is 35.7 Å². The van der Waals surface area contributed by atoms with Crippen molar-refractivity contribution in [1.29, 1.82) is 0 Å². The van der Waals surface area contributed by atoms with E-state index in [1.807, 2.05) is 25.1 Å². The number of primary amides is 1. The lowest BCUT2D eigenvalue weighted by atomic mass is 9.99. The molecule has 1 aromatic heterocycles. The van der Waals surface area contributed by atoms with Crippen LogP contribution in [0, 0.1) is 6.92 Å². The summed E-state index contributed by atoms with van der Waals surface area (Å²) in [5, 5.41) is 3.55. The van der Waals surface area contributed by atoms with E-state index >= 15 is 0 Å². The Morgan fingerprint density at radius 2 is 2.00 bits per heavy atom. The highest BCUT2D eigenvalue weighted by molar-refractivity contribution is 7.18. The van der Waals surface area contributed by atoms with Crippen molar-refractivity contribution < 1.29 is 9.53 Å². The number of benzene rings is 2. The minimum Gasteiger partial charge on any atom is -0.497 e. The molecule has 2 aromatic carbocycles. The maximum atomic E-state index is 11.5. The first-order valence-electron chi connectivity index (χ1n) is 6.67. The molecule has 0 saturated heterocycles. The summed E-state index contributed by atoms with van der Waals surface area (Å²) in [7, 11) is 1.65. The quantitative estimate of drug-likeness (QED) is 0.760. The zero-order chi connectivity index (χ0) is 15.9. The van der Waals surface area contributed by atoms with Crippen LogP contribution in [0.1, 0.15) is 15.9 Å². The summed E-state index contributed by atoms with van der Waals surface area (Å²) in [4.78, 5) is 11.5. The maximum Gasteiger partial charge on any atom is 0.248 e. The molecule has 22 heavy (non-hydrogen) atoms. The number of thiophene rings is 1. The predicted molar refractivity (Wildman–Crippen MR) is 92.1 cm³/mol. The number of hydrogen-bond acceptors (Lipinski definition) is 3. The molecule has 0 aliphatic rings. The second kappa shape index (κ2) is 5.63. The normalized spacial score (nSPS) is 10.9. The molecule has 3 rings (SSSR count). The van der Waals surface area contributed by atoms with E-state index in [1.54, 1.807) is 30.6 Å². The Balaban J connectivity index is 2.25. The smallest absolute Gasteiger partial charge is 0.248 e. The van der Waals surface area contributed by atoms with Crippen molar-refractivity contribution in [3.05, 3.63) is 51.9 Å². The van der Waals surface area contributed by atoms with E-state index in [4.69, 9.17) is 22.1 Å². The average molecular weight is 332 g/mol. The van der Waals surface area contributed by atoms with Gasteiger partial charge in [0.25, 0.3) is 0 Å². The summed E-state index contributed by atoms with van der Waals surface area (Å²) < 4.78 is 6.20. The summed E-state index contributed by atoms with van der Waals surface area (Å²) in [6, 6.07) is 9.34. The van der Waals surface area contributed by atoms with Crippen LogP contribution in [0.2, 0.25) is 5.02 Å². The van der Waals surface area contributed by atoms with Crippen molar-refractivity contribution >= 4 is 38.9 Å². The standard InChI is InChI=1S/C17H14ClNO2S/c1-9-5-11(21-2)3-4-12(9)14-8-22-16-13(14)6-10(17(19)20)7-15(16)18/h3-8H,1-2H3,(H2,19,20). The van der Waals surface area contributed by atoms with E-state index < -0.39 is 5.91 Å². The van der Waals surface area contributed by atoms with Crippen LogP contribution in [0.25, 0.3) is 21.2 Å². The molecule has 5 heteroatoms. The van der Waals surface area contributed by atoms with Crippen molar-refractivity contribution in [2.75, 3.05) is 7.11 Å². The van der Waals surface area contributed by atoms with Crippen LogP contribution in [-0.4, -0.2) is 13.0 Å². The van der Waals surface area contributed by atoms with Gasteiger partial charge in [-0.15, -0.1) is 11.3 Å². The van der Waals surface area contributed by atoms with Gasteiger partial charge in [-0.2, -0.15) is 0 Å². The van der Waals surface area contributed by atoms with Crippen LogP contribution in [0.5, 0.6) is 5.75 Å². The number of carbonyl (C=O) groups excluding carboxylic acids is 1. The SMILES string of the molecule is COc1ccc(-c2csc3c(Cl)cc(C(N)=O)cc23)c(C)c1. The number of methoxy groups -OCH3 is 1. The lowest BCUT2D eigenvalue weighted by Gasteiger charge is -2.08. The van der Waals surface area contributed by atoms with Crippen LogP contribution in [0.4, 0.5) is 0 Å². The summed E-state index contributed by atoms with van der Waals surface area (Å²) in [6.45, 7) is 2.03. The van der Waals surface area contributed by atoms with E-state index in [2.05, 4.69) is 5.38 Å². The molecule has 0 atom stereocenters.